The van der Waals surface area contributed by atoms with Crippen LogP contribution in [0.15, 0.2) is 36.4 Å². The molecule has 0 spiro atoms. The zero-order valence-corrected chi connectivity index (χ0v) is 12.1. The van der Waals surface area contributed by atoms with Crippen LogP contribution in [0, 0.1) is 17.6 Å². The lowest BCUT2D eigenvalue weighted by atomic mass is 9.92. The third kappa shape index (κ3) is 2.68. The fraction of sp³-hybridized carbons (Fsp3) is 0.250. The van der Waals surface area contributed by atoms with Gasteiger partial charge in [-0.05, 0) is 12.1 Å². The molecule has 3 rings (SSSR count). The molecule has 21 heavy (non-hydrogen) atoms. The summed E-state index contributed by atoms with van der Waals surface area (Å²) >= 11 is 5.96. The molecule has 110 valence electrons. The molecule has 0 aliphatic carbocycles. The van der Waals surface area contributed by atoms with Gasteiger partial charge < -0.3 is 10.1 Å². The van der Waals surface area contributed by atoms with Gasteiger partial charge in [-0.3, -0.25) is 0 Å². The Morgan fingerprint density at radius 1 is 1.24 bits per heavy atom. The molecule has 0 saturated carbocycles. The number of halogens is 3. The predicted molar refractivity (Wildman–Crippen MR) is 78.8 cm³/mol. The maximum absolute atomic E-state index is 14.0. The van der Waals surface area contributed by atoms with E-state index in [9.17, 15) is 8.78 Å². The molecule has 2 aromatic carbocycles. The highest BCUT2D eigenvalue weighted by atomic mass is 35.5. The summed E-state index contributed by atoms with van der Waals surface area (Å²) in [5, 5.41) is 3.13. The van der Waals surface area contributed by atoms with Crippen molar-refractivity contribution in [2.75, 3.05) is 11.9 Å². The quantitative estimate of drug-likeness (QED) is 0.860. The SMILES string of the molecule is CC1COc2ccccc2C1Nc1c(F)cc(F)cc1Cl. The summed E-state index contributed by atoms with van der Waals surface area (Å²) < 4.78 is 32.7. The molecule has 0 aromatic heterocycles. The Hall–Kier alpha value is -1.81. The van der Waals surface area contributed by atoms with Crippen LogP contribution in [0.3, 0.4) is 0 Å². The Kier molecular flexibility index (Phi) is 3.72. The highest BCUT2D eigenvalue weighted by Crippen LogP contribution is 2.39. The second-order valence-electron chi connectivity index (χ2n) is 5.19. The molecule has 0 amide bonds. The van der Waals surface area contributed by atoms with Crippen molar-refractivity contribution in [3.05, 3.63) is 58.6 Å². The maximum Gasteiger partial charge on any atom is 0.150 e. The van der Waals surface area contributed by atoms with Crippen LogP contribution < -0.4 is 10.1 Å². The van der Waals surface area contributed by atoms with Crippen LogP contribution in [0.4, 0.5) is 14.5 Å². The lowest BCUT2D eigenvalue weighted by Gasteiger charge is -2.33. The van der Waals surface area contributed by atoms with Crippen LogP contribution in [-0.4, -0.2) is 6.61 Å². The predicted octanol–water partition coefficient (Wildman–Crippen LogP) is 4.80. The fourth-order valence-electron chi connectivity index (χ4n) is 2.55. The molecule has 1 heterocycles. The number of nitrogens with one attached hydrogen (secondary N) is 1. The number of ether oxygens (including phenoxy) is 1. The van der Waals surface area contributed by atoms with Crippen molar-refractivity contribution < 1.29 is 13.5 Å². The zero-order chi connectivity index (χ0) is 15.0. The largest absolute Gasteiger partial charge is 0.493 e. The van der Waals surface area contributed by atoms with Gasteiger partial charge in [0.25, 0.3) is 0 Å². The smallest absolute Gasteiger partial charge is 0.150 e. The zero-order valence-electron chi connectivity index (χ0n) is 11.4. The van der Waals surface area contributed by atoms with Crippen molar-refractivity contribution >= 4 is 17.3 Å². The van der Waals surface area contributed by atoms with Crippen LogP contribution in [0.1, 0.15) is 18.5 Å². The Morgan fingerprint density at radius 2 is 2.00 bits per heavy atom. The van der Waals surface area contributed by atoms with Gasteiger partial charge in [0.2, 0.25) is 0 Å². The second-order valence-corrected chi connectivity index (χ2v) is 5.60. The average Bonchev–Trinajstić information content (AvgIpc) is 2.44. The number of rotatable bonds is 2. The summed E-state index contributed by atoms with van der Waals surface area (Å²) in [5.74, 6) is -0.494. The van der Waals surface area contributed by atoms with E-state index in [0.29, 0.717) is 6.61 Å². The van der Waals surface area contributed by atoms with Crippen molar-refractivity contribution in [2.24, 2.45) is 5.92 Å². The molecular weight excluding hydrogens is 296 g/mol. The Labute approximate surface area is 126 Å². The van der Waals surface area contributed by atoms with E-state index in [1.54, 1.807) is 0 Å². The Balaban J connectivity index is 1.98. The molecular formula is C16H14ClF2NO. The van der Waals surface area contributed by atoms with Crippen molar-refractivity contribution in [3.63, 3.8) is 0 Å². The summed E-state index contributed by atoms with van der Waals surface area (Å²) in [5.41, 5.74) is 1.06. The van der Waals surface area contributed by atoms with Crippen molar-refractivity contribution in [3.8, 4) is 5.75 Å². The molecule has 0 fully saturated rings. The average molecular weight is 310 g/mol. The summed E-state index contributed by atoms with van der Waals surface area (Å²) in [6.07, 6.45) is 0. The van der Waals surface area contributed by atoms with Crippen molar-refractivity contribution in [1.82, 2.24) is 0 Å². The standard InChI is InChI=1S/C16H14ClF2NO/c1-9-8-21-14-5-3-2-4-11(14)15(9)20-16-12(17)6-10(18)7-13(16)19/h2-7,9,15,20H,8H2,1H3. The first-order chi connectivity index (χ1) is 10.1. The Morgan fingerprint density at radius 3 is 2.76 bits per heavy atom. The maximum atomic E-state index is 14.0. The third-order valence-corrected chi connectivity index (χ3v) is 3.93. The minimum atomic E-state index is -0.698. The van der Waals surface area contributed by atoms with Crippen LogP contribution in [-0.2, 0) is 0 Å². The number of benzene rings is 2. The first kappa shape index (κ1) is 14.1. The van der Waals surface area contributed by atoms with Gasteiger partial charge in [-0.25, -0.2) is 8.78 Å². The van der Waals surface area contributed by atoms with Gasteiger partial charge in [0, 0.05) is 17.5 Å². The van der Waals surface area contributed by atoms with Crippen LogP contribution in [0.2, 0.25) is 5.02 Å². The number of fused-ring (bicyclic) bond motifs is 1. The highest BCUT2D eigenvalue weighted by molar-refractivity contribution is 6.33. The molecule has 1 aliphatic rings. The molecule has 2 atom stereocenters. The number of hydrogen-bond donors (Lipinski definition) is 1. The van der Waals surface area contributed by atoms with Crippen LogP contribution in [0.25, 0.3) is 0 Å². The molecule has 2 aromatic rings. The van der Waals surface area contributed by atoms with Gasteiger partial charge >= 0.3 is 0 Å². The summed E-state index contributed by atoms with van der Waals surface area (Å²) in [6.45, 7) is 2.53. The van der Waals surface area contributed by atoms with Crippen LogP contribution >= 0.6 is 11.6 Å². The van der Waals surface area contributed by atoms with Gasteiger partial charge in [0.1, 0.15) is 11.6 Å². The van der Waals surface area contributed by atoms with Gasteiger partial charge in [-0.1, -0.05) is 36.7 Å². The van der Waals surface area contributed by atoms with E-state index in [4.69, 9.17) is 16.3 Å². The summed E-state index contributed by atoms with van der Waals surface area (Å²) in [4.78, 5) is 0. The second kappa shape index (κ2) is 5.53. The lowest BCUT2D eigenvalue weighted by molar-refractivity contribution is 0.214. The van der Waals surface area contributed by atoms with E-state index < -0.39 is 11.6 Å². The van der Waals surface area contributed by atoms with Gasteiger partial charge in [0.15, 0.2) is 5.82 Å². The fourth-order valence-corrected chi connectivity index (χ4v) is 2.80. The molecule has 2 unspecified atom stereocenters. The van der Waals surface area contributed by atoms with Gasteiger partial charge in [-0.15, -0.1) is 0 Å². The molecule has 1 N–H and O–H groups in total. The van der Waals surface area contributed by atoms with E-state index >= 15 is 0 Å². The lowest BCUT2D eigenvalue weighted by Crippen LogP contribution is -2.29. The molecule has 0 bridgehead atoms. The normalized spacial score (nSPS) is 20.6. The topological polar surface area (TPSA) is 21.3 Å². The summed E-state index contributed by atoms with van der Waals surface area (Å²) in [6, 6.07) is 9.37. The Bertz CT molecular complexity index is 654. The van der Waals surface area contributed by atoms with Gasteiger partial charge in [0.05, 0.1) is 23.4 Å². The minimum absolute atomic E-state index is 0.0312. The number of hydrogen-bond acceptors (Lipinski definition) is 2. The molecule has 0 radical (unpaired) electrons. The van der Waals surface area contributed by atoms with E-state index in [1.807, 2.05) is 31.2 Å². The molecule has 1 aliphatic heterocycles. The van der Waals surface area contributed by atoms with Crippen molar-refractivity contribution in [1.29, 1.82) is 0 Å². The van der Waals surface area contributed by atoms with Crippen molar-refractivity contribution in [2.45, 2.75) is 13.0 Å². The molecule has 2 nitrogen and oxygen atoms in total. The first-order valence-corrected chi connectivity index (χ1v) is 7.07. The molecule has 5 heteroatoms. The van der Waals surface area contributed by atoms with E-state index in [0.717, 1.165) is 23.4 Å². The van der Waals surface area contributed by atoms with E-state index in [1.165, 1.54) is 0 Å². The number of anilines is 1. The van der Waals surface area contributed by atoms with Crippen LogP contribution in [0.5, 0.6) is 5.75 Å². The van der Waals surface area contributed by atoms with Gasteiger partial charge in [-0.2, -0.15) is 0 Å². The first-order valence-electron chi connectivity index (χ1n) is 6.69. The number of para-hydroxylation sites is 1. The van der Waals surface area contributed by atoms with E-state index in [-0.39, 0.29) is 22.7 Å². The van der Waals surface area contributed by atoms with E-state index in [2.05, 4.69) is 5.32 Å². The summed E-state index contributed by atoms with van der Waals surface area (Å²) in [7, 11) is 0. The minimum Gasteiger partial charge on any atom is -0.493 e. The molecule has 0 saturated heterocycles. The highest BCUT2D eigenvalue weighted by Gasteiger charge is 2.29. The monoisotopic (exact) mass is 309 g/mol. The third-order valence-electron chi connectivity index (χ3n) is 3.63.